The van der Waals surface area contributed by atoms with Crippen molar-refractivity contribution >= 4 is 11.9 Å². The summed E-state index contributed by atoms with van der Waals surface area (Å²) in [4.78, 5) is 26.1. The van der Waals surface area contributed by atoms with E-state index in [1.165, 1.54) is 0 Å². The van der Waals surface area contributed by atoms with Crippen molar-refractivity contribution in [3.05, 3.63) is 47.5 Å². The number of carboxylic acids is 1. The van der Waals surface area contributed by atoms with Crippen molar-refractivity contribution in [2.24, 2.45) is 5.73 Å². The summed E-state index contributed by atoms with van der Waals surface area (Å²) in [6.45, 7) is 0.565. The van der Waals surface area contributed by atoms with Gasteiger partial charge in [-0.15, -0.1) is 0 Å². The van der Waals surface area contributed by atoms with Crippen molar-refractivity contribution in [1.29, 1.82) is 0 Å². The van der Waals surface area contributed by atoms with Crippen LogP contribution in [0.1, 0.15) is 30.4 Å². The minimum atomic E-state index is -1.07. The van der Waals surface area contributed by atoms with Crippen LogP contribution in [0.5, 0.6) is 0 Å². The predicted molar refractivity (Wildman–Crippen MR) is 101 cm³/mol. The van der Waals surface area contributed by atoms with Crippen LogP contribution in [0.25, 0.3) is 0 Å². The van der Waals surface area contributed by atoms with Gasteiger partial charge in [-0.3, -0.25) is 9.69 Å². The van der Waals surface area contributed by atoms with E-state index in [1.807, 2.05) is 36.4 Å². The van der Waals surface area contributed by atoms with Crippen LogP contribution < -0.4 is 11.1 Å². The number of hydrogen-bond donors (Lipinski definition) is 4. The number of aliphatic hydroxyl groups is 1. The minimum Gasteiger partial charge on any atom is -0.480 e. The molecule has 1 amide bonds. The van der Waals surface area contributed by atoms with Gasteiger partial charge in [0.1, 0.15) is 12.3 Å². The molecule has 3 rings (SSSR count). The highest BCUT2D eigenvalue weighted by atomic mass is 16.4. The first-order chi connectivity index (χ1) is 13.0. The van der Waals surface area contributed by atoms with Crippen LogP contribution in [0.4, 0.5) is 0 Å². The number of carbonyl (C=O) groups is 2. The number of nitrogens with zero attached hydrogens (tertiary/aromatic N) is 1. The van der Waals surface area contributed by atoms with Gasteiger partial charge in [0.15, 0.2) is 0 Å². The number of allylic oxidation sites excluding steroid dienone is 1. The molecule has 1 unspecified atom stereocenters. The lowest BCUT2D eigenvalue weighted by molar-refractivity contribution is -0.143. The third kappa shape index (κ3) is 4.74. The SMILES string of the molecule is N[C@H]1C/C=C\Cc2cccc(c2)C[C@H](C(=O)O)NC(=O)[C@@H]2CCCN2C1O. The van der Waals surface area contributed by atoms with Crippen LogP contribution in [0.2, 0.25) is 0 Å². The van der Waals surface area contributed by atoms with Gasteiger partial charge in [-0.25, -0.2) is 4.79 Å². The van der Waals surface area contributed by atoms with Crippen molar-refractivity contribution in [1.82, 2.24) is 10.2 Å². The van der Waals surface area contributed by atoms with Crippen LogP contribution in [0.3, 0.4) is 0 Å². The fraction of sp³-hybridized carbons (Fsp3) is 0.500. The van der Waals surface area contributed by atoms with Gasteiger partial charge in [-0.1, -0.05) is 36.4 Å². The second kappa shape index (κ2) is 8.65. The van der Waals surface area contributed by atoms with E-state index < -0.39 is 30.3 Å². The molecule has 5 N–H and O–H groups in total. The normalized spacial score (nSPS) is 31.3. The molecule has 0 saturated carbocycles. The van der Waals surface area contributed by atoms with Crippen LogP contribution >= 0.6 is 0 Å². The number of amides is 1. The molecule has 4 atom stereocenters. The summed E-state index contributed by atoms with van der Waals surface area (Å²) >= 11 is 0. The summed E-state index contributed by atoms with van der Waals surface area (Å²) in [5.41, 5.74) is 8.05. The topological polar surface area (TPSA) is 116 Å². The number of nitrogens with one attached hydrogen (secondary N) is 1. The molecule has 1 aromatic rings. The second-order valence-corrected chi connectivity index (χ2v) is 7.31. The second-order valence-electron chi connectivity index (χ2n) is 7.31. The standard InChI is InChI=1S/C20H27N3O4/c21-15-8-2-1-5-13-6-3-7-14(11-13)12-16(20(26)27)22-18(24)17-9-4-10-23(17)19(15)25/h1-3,6-7,11,15-17,19,25H,4-5,8-10,12,21H2,(H,22,24)(H,26,27)/b2-1-/t15-,16+,17-,19?/m0/s1. The average Bonchev–Trinajstić information content (AvgIpc) is 3.13. The Bertz CT molecular complexity index is 721. The summed E-state index contributed by atoms with van der Waals surface area (Å²) in [6.07, 6.45) is 5.77. The Labute approximate surface area is 158 Å². The molecule has 1 fully saturated rings. The van der Waals surface area contributed by atoms with Crippen LogP contribution in [-0.2, 0) is 22.4 Å². The van der Waals surface area contributed by atoms with Gasteiger partial charge in [0.05, 0.1) is 6.04 Å². The first kappa shape index (κ1) is 19.5. The summed E-state index contributed by atoms with van der Waals surface area (Å²) in [5, 5.41) is 22.8. The number of rotatable bonds is 1. The lowest BCUT2D eigenvalue weighted by Crippen LogP contribution is -2.56. The molecule has 2 aliphatic rings. The summed E-state index contributed by atoms with van der Waals surface area (Å²) < 4.78 is 0. The fourth-order valence-electron chi connectivity index (χ4n) is 3.81. The Morgan fingerprint density at radius 3 is 2.81 bits per heavy atom. The van der Waals surface area contributed by atoms with E-state index in [0.29, 0.717) is 25.8 Å². The maximum atomic E-state index is 12.7. The molecule has 7 heteroatoms. The smallest absolute Gasteiger partial charge is 0.326 e. The van der Waals surface area contributed by atoms with Crippen molar-refractivity contribution in [2.45, 2.75) is 56.5 Å². The van der Waals surface area contributed by atoms with E-state index in [4.69, 9.17) is 5.73 Å². The van der Waals surface area contributed by atoms with Crippen molar-refractivity contribution in [3.8, 4) is 0 Å². The molecule has 2 aliphatic heterocycles. The Morgan fingerprint density at radius 1 is 1.26 bits per heavy atom. The lowest BCUT2D eigenvalue weighted by atomic mass is 10.0. The van der Waals surface area contributed by atoms with Gasteiger partial charge < -0.3 is 21.3 Å². The molecule has 0 aromatic heterocycles. The molecule has 1 saturated heterocycles. The van der Waals surface area contributed by atoms with E-state index in [-0.39, 0.29) is 12.3 Å². The molecular formula is C20H27N3O4. The van der Waals surface area contributed by atoms with Crippen molar-refractivity contribution < 1.29 is 19.8 Å². The zero-order chi connectivity index (χ0) is 19.4. The summed E-state index contributed by atoms with van der Waals surface area (Å²) in [5.74, 6) is -1.44. The molecule has 2 bridgehead atoms. The molecule has 2 heterocycles. The Kier molecular flexibility index (Phi) is 6.26. The molecule has 146 valence electrons. The fourth-order valence-corrected chi connectivity index (χ4v) is 3.81. The summed E-state index contributed by atoms with van der Waals surface area (Å²) in [7, 11) is 0. The van der Waals surface area contributed by atoms with E-state index in [1.54, 1.807) is 4.90 Å². The van der Waals surface area contributed by atoms with E-state index >= 15 is 0 Å². The zero-order valence-electron chi connectivity index (χ0n) is 15.3. The molecule has 7 nitrogen and oxygen atoms in total. The number of fused-ring (bicyclic) bond motifs is 3. The Morgan fingerprint density at radius 2 is 2.04 bits per heavy atom. The molecule has 27 heavy (non-hydrogen) atoms. The third-order valence-corrected chi connectivity index (χ3v) is 5.29. The minimum absolute atomic E-state index is 0.216. The molecular weight excluding hydrogens is 346 g/mol. The number of carboxylic acid groups (broad SMARTS) is 1. The van der Waals surface area contributed by atoms with Crippen LogP contribution in [-0.4, -0.2) is 57.9 Å². The van der Waals surface area contributed by atoms with E-state index in [2.05, 4.69) is 5.32 Å². The Balaban J connectivity index is 1.89. The Hall–Kier alpha value is -2.22. The maximum absolute atomic E-state index is 12.7. The zero-order valence-corrected chi connectivity index (χ0v) is 15.3. The molecule has 0 spiro atoms. The number of nitrogens with two attached hydrogens (primary N) is 1. The average molecular weight is 373 g/mol. The highest BCUT2D eigenvalue weighted by Crippen LogP contribution is 2.22. The van der Waals surface area contributed by atoms with Crippen molar-refractivity contribution in [2.75, 3.05) is 6.54 Å². The molecule has 0 aliphatic carbocycles. The van der Waals surface area contributed by atoms with Gasteiger partial charge in [0.25, 0.3) is 0 Å². The quantitative estimate of drug-likeness (QED) is 0.530. The molecule has 1 aromatic carbocycles. The van der Waals surface area contributed by atoms with Crippen molar-refractivity contribution in [3.63, 3.8) is 0 Å². The van der Waals surface area contributed by atoms with Gasteiger partial charge in [-0.05, 0) is 36.8 Å². The highest BCUT2D eigenvalue weighted by Gasteiger charge is 2.38. The highest BCUT2D eigenvalue weighted by molar-refractivity contribution is 5.87. The number of aliphatic hydroxyl groups excluding tert-OH is 1. The van der Waals surface area contributed by atoms with E-state index in [9.17, 15) is 19.8 Å². The van der Waals surface area contributed by atoms with Gasteiger partial charge in [0, 0.05) is 19.0 Å². The predicted octanol–water partition coefficient (Wildman–Crippen LogP) is 0.411. The van der Waals surface area contributed by atoms with Gasteiger partial charge in [-0.2, -0.15) is 0 Å². The largest absolute Gasteiger partial charge is 0.480 e. The first-order valence-corrected chi connectivity index (χ1v) is 9.41. The lowest BCUT2D eigenvalue weighted by Gasteiger charge is -2.32. The van der Waals surface area contributed by atoms with Crippen LogP contribution in [0, 0.1) is 0 Å². The maximum Gasteiger partial charge on any atom is 0.326 e. The van der Waals surface area contributed by atoms with Gasteiger partial charge >= 0.3 is 5.97 Å². The number of carbonyl (C=O) groups excluding carboxylic acids is 1. The summed E-state index contributed by atoms with van der Waals surface area (Å²) in [6, 6.07) is 5.62. The monoisotopic (exact) mass is 373 g/mol. The number of aliphatic carboxylic acids is 1. The van der Waals surface area contributed by atoms with E-state index in [0.717, 1.165) is 17.5 Å². The van der Waals surface area contributed by atoms with Gasteiger partial charge in [0.2, 0.25) is 5.91 Å². The number of hydrogen-bond acceptors (Lipinski definition) is 5. The third-order valence-electron chi connectivity index (χ3n) is 5.29. The number of benzene rings is 1. The molecule has 0 radical (unpaired) electrons. The van der Waals surface area contributed by atoms with Crippen LogP contribution in [0.15, 0.2) is 36.4 Å². The first-order valence-electron chi connectivity index (χ1n) is 9.41.